The summed E-state index contributed by atoms with van der Waals surface area (Å²) in [4.78, 5) is 21.2. The maximum absolute atomic E-state index is 10.9. The van der Waals surface area contributed by atoms with Gasteiger partial charge in [0.1, 0.15) is 6.61 Å². The average molecular weight is 200 g/mol. The number of carboxylic acids is 1. The molecule has 0 bridgehead atoms. The summed E-state index contributed by atoms with van der Waals surface area (Å²) in [5, 5.41) is 19.0. The van der Waals surface area contributed by atoms with Crippen LogP contribution in [0.1, 0.15) is 13.3 Å². The minimum atomic E-state index is -1.12. The van der Waals surface area contributed by atoms with Crippen molar-refractivity contribution < 1.29 is 19.4 Å². The van der Waals surface area contributed by atoms with Gasteiger partial charge in [-0.25, -0.2) is 4.79 Å². The molecule has 14 heavy (non-hydrogen) atoms. The molecule has 6 nitrogen and oxygen atoms in total. The van der Waals surface area contributed by atoms with E-state index in [1.54, 1.807) is 0 Å². The third-order valence-electron chi connectivity index (χ3n) is 1.37. The lowest BCUT2D eigenvalue weighted by Crippen LogP contribution is -2.31. The monoisotopic (exact) mass is 200 g/mol. The molecule has 0 aliphatic heterocycles. The molecule has 0 aromatic carbocycles. The number of rotatable bonds is 6. The van der Waals surface area contributed by atoms with E-state index in [9.17, 15) is 9.59 Å². The molecule has 0 heterocycles. The molecule has 0 aromatic heterocycles. The molecule has 0 aliphatic carbocycles. The Labute approximate surface area is 81.5 Å². The molecular weight excluding hydrogens is 188 g/mol. The number of nitrogens with zero attached hydrogens (tertiary/aromatic N) is 1. The van der Waals surface area contributed by atoms with Crippen molar-refractivity contribution in [1.82, 2.24) is 5.32 Å². The molecule has 0 saturated carbocycles. The highest BCUT2D eigenvalue weighted by molar-refractivity contribution is 5.78. The molecule has 6 heteroatoms. The summed E-state index contributed by atoms with van der Waals surface area (Å²) in [6.45, 7) is 1.28. The Balaban J connectivity index is 3.54. The van der Waals surface area contributed by atoms with E-state index in [4.69, 9.17) is 15.1 Å². The molecule has 0 unspecified atom stereocenters. The number of amides is 1. The summed E-state index contributed by atoms with van der Waals surface area (Å²) < 4.78 is 4.70. The number of hydrogen-bond donors (Lipinski definition) is 2. The molecule has 78 valence electrons. The van der Waals surface area contributed by atoms with Crippen molar-refractivity contribution in [3.8, 4) is 6.07 Å². The van der Waals surface area contributed by atoms with Gasteiger partial charge in [-0.2, -0.15) is 5.26 Å². The zero-order valence-electron chi connectivity index (χ0n) is 7.82. The Morgan fingerprint density at radius 1 is 1.64 bits per heavy atom. The number of nitriles is 1. The minimum absolute atomic E-state index is 0.222. The van der Waals surface area contributed by atoms with Gasteiger partial charge in [0.2, 0.25) is 5.91 Å². The normalized spacial score (nSPS) is 11.4. The molecule has 1 atom stereocenters. The quantitative estimate of drug-likeness (QED) is 0.563. The fourth-order valence-electron chi connectivity index (χ4n) is 0.581. The lowest BCUT2D eigenvalue weighted by molar-refractivity contribution is -0.150. The van der Waals surface area contributed by atoms with Crippen LogP contribution in [0, 0.1) is 11.3 Å². The van der Waals surface area contributed by atoms with Crippen LogP contribution in [0.4, 0.5) is 0 Å². The van der Waals surface area contributed by atoms with Crippen LogP contribution in [0.3, 0.4) is 0 Å². The Kier molecular flexibility index (Phi) is 6.07. The van der Waals surface area contributed by atoms with Crippen LogP contribution < -0.4 is 5.32 Å². The van der Waals surface area contributed by atoms with Crippen LogP contribution in [-0.2, 0) is 14.3 Å². The van der Waals surface area contributed by atoms with Crippen LogP contribution in [0.15, 0.2) is 0 Å². The highest BCUT2D eigenvalue weighted by Crippen LogP contribution is 1.89. The van der Waals surface area contributed by atoms with Crippen molar-refractivity contribution in [3.63, 3.8) is 0 Å². The van der Waals surface area contributed by atoms with Crippen molar-refractivity contribution in [2.75, 3.05) is 13.2 Å². The predicted molar refractivity (Wildman–Crippen MR) is 46.3 cm³/mol. The van der Waals surface area contributed by atoms with E-state index in [-0.39, 0.29) is 19.6 Å². The van der Waals surface area contributed by atoms with E-state index < -0.39 is 18.0 Å². The minimum Gasteiger partial charge on any atom is -0.479 e. The molecule has 0 spiro atoms. The maximum Gasteiger partial charge on any atom is 0.332 e. The number of carbonyl (C=O) groups excluding carboxylic acids is 1. The molecule has 0 saturated heterocycles. The second-order valence-electron chi connectivity index (χ2n) is 2.55. The van der Waals surface area contributed by atoms with Crippen LogP contribution in [-0.4, -0.2) is 36.2 Å². The number of nitrogens with one attached hydrogen (secondary N) is 1. The molecular formula is C8H12N2O4. The highest BCUT2D eigenvalue weighted by atomic mass is 16.5. The SMILES string of the molecule is C[C@H](OCC(=O)NCCC#N)C(=O)O. The number of aliphatic carboxylic acids is 1. The van der Waals surface area contributed by atoms with Gasteiger partial charge in [-0.15, -0.1) is 0 Å². The Morgan fingerprint density at radius 3 is 2.79 bits per heavy atom. The van der Waals surface area contributed by atoms with E-state index in [0.717, 1.165) is 0 Å². The van der Waals surface area contributed by atoms with Crippen LogP contribution in [0.25, 0.3) is 0 Å². The van der Waals surface area contributed by atoms with Crippen molar-refractivity contribution in [2.45, 2.75) is 19.4 Å². The Hall–Kier alpha value is -1.61. The maximum atomic E-state index is 10.9. The highest BCUT2D eigenvalue weighted by Gasteiger charge is 2.12. The molecule has 0 rings (SSSR count). The van der Waals surface area contributed by atoms with Gasteiger partial charge in [-0.05, 0) is 6.92 Å². The van der Waals surface area contributed by atoms with Gasteiger partial charge in [-0.3, -0.25) is 4.79 Å². The van der Waals surface area contributed by atoms with Crippen LogP contribution in [0.2, 0.25) is 0 Å². The summed E-state index contributed by atoms with van der Waals surface area (Å²) in [7, 11) is 0. The third-order valence-corrected chi connectivity index (χ3v) is 1.37. The lowest BCUT2D eigenvalue weighted by atomic mass is 10.4. The number of carboxylic acid groups (broad SMARTS) is 1. The summed E-state index contributed by atoms with van der Waals surface area (Å²) in [5.41, 5.74) is 0. The summed E-state index contributed by atoms with van der Waals surface area (Å²) in [6.07, 6.45) is -0.781. The summed E-state index contributed by atoms with van der Waals surface area (Å²) in [6, 6.07) is 1.86. The van der Waals surface area contributed by atoms with Gasteiger partial charge in [0.25, 0.3) is 0 Å². The lowest BCUT2D eigenvalue weighted by Gasteiger charge is -2.07. The van der Waals surface area contributed by atoms with E-state index in [1.165, 1.54) is 6.92 Å². The van der Waals surface area contributed by atoms with Gasteiger partial charge < -0.3 is 15.2 Å². The van der Waals surface area contributed by atoms with Gasteiger partial charge in [0, 0.05) is 6.54 Å². The molecule has 2 N–H and O–H groups in total. The number of hydrogen-bond acceptors (Lipinski definition) is 4. The predicted octanol–water partition coefficient (Wildman–Crippen LogP) is -0.494. The van der Waals surface area contributed by atoms with E-state index >= 15 is 0 Å². The largest absolute Gasteiger partial charge is 0.479 e. The topological polar surface area (TPSA) is 99.4 Å². The summed E-state index contributed by atoms with van der Waals surface area (Å²) >= 11 is 0. The van der Waals surface area contributed by atoms with Crippen molar-refractivity contribution in [3.05, 3.63) is 0 Å². The zero-order chi connectivity index (χ0) is 11.0. The van der Waals surface area contributed by atoms with Crippen molar-refractivity contribution >= 4 is 11.9 Å². The smallest absolute Gasteiger partial charge is 0.332 e. The average Bonchev–Trinajstić information content (AvgIpc) is 2.14. The fraction of sp³-hybridized carbons (Fsp3) is 0.625. The standard InChI is InChI=1S/C8H12N2O4/c1-6(8(12)13)14-5-7(11)10-4-2-3-9/h6H,2,4-5H2,1H3,(H,10,11)(H,12,13)/t6-/m0/s1. The van der Waals surface area contributed by atoms with Gasteiger partial charge >= 0.3 is 5.97 Å². The first kappa shape index (κ1) is 12.4. The van der Waals surface area contributed by atoms with E-state index in [1.807, 2.05) is 6.07 Å². The van der Waals surface area contributed by atoms with Gasteiger partial charge in [0.15, 0.2) is 6.10 Å². The first-order chi connectivity index (χ1) is 6.57. The first-order valence-corrected chi connectivity index (χ1v) is 4.06. The van der Waals surface area contributed by atoms with E-state index in [2.05, 4.69) is 5.32 Å². The number of carbonyl (C=O) groups is 2. The van der Waals surface area contributed by atoms with Crippen LogP contribution in [0.5, 0.6) is 0 Å². The van der Waals surface area contributed by atoms with Crippen LogP contribution >= 0.6 is 0 Å². The molecule has 0 fully saturated rings. The summed E-state index contributed by atoms with van der Waals surface area (Å²) in [5.74, 6) is -1.54. The van der Waals surface area contributed by atoms with Gasteiger partial charge in [0.05, 0.1) is 12.5 Å². The molecule has 0 aromatic rings. The zero-order valence-corrected chi connectivity index (χ0v) is 7.82. The third kappa shape index (κ3) is 5.97. The Bertz CT molecular complexity index is 246. The van der Waals surface area contributed by atoms with Crippen molar-refractivity contribution in [1.29, 1.82) is 5.26 Å². The molecule has 1 amide bonds. The molecule has 0 aliphatic rings. The van der Waals surface area contributed by atoms with E-state index in [0.29, 0.717) is 0 Å². The second-order valence-corrected chi connectivity index (χ2v) is 2.55. The number of ether oxygens (including phenoxy) is 1. The fourth-order valence-corrected chi connectivity index (χ4v) is 0.581. The Morgan fingerprint density at radius 2 is 2.29 bits per heavy atom. The first-order valence-electron chi connectivity index (χ1n) is 4.06. The second kappa shape index (κ2) is 6.86. The van der Waals surface area contributed by atoms with Gasteiger partial charge in [-0.1, -0.05) is 0 Å². The molecule has 0 radical (unpaired) electrons. The van der Waals surface area contributed by atoms with Crippen molar-refractivity contribution in [2.24, 2.45) is 0 Å².